The lowest BCUT2D eigenvalue weighted by Gasteiger charge is -2.27. The van der Waals surface area contributed by atoms with E-state index in [0.29, 0.717) is 19.0 Å². The number of rotatable bonds is 6. The second kappa shape index (κ2) is 10.4. The van der Waals surface area contributed by atoms with E-state index in [1.54, 1.807) is 6.08 Å². The SMILES string of the molecule is Br.C=CCNC(N)=NCc1ccccc1CN1CCOCC1. The molecule has 1 aliphatic heterocycles. The first-order valence-corrected chi connectivity index (χ1v) is 7.31. The highest BCUT2D eigenvalue weighted by molar-refractivity contribution is 8.93. The Morgan fingerprint density at radius 2 is 2.00 bits per heavy atom. The van der Waals surface area contributed by atoms with E-state index in [9.17, 15) is 0 Å². The largest absolute Gasteiger partial charge is 0.379 e. The van der Waals surface area contributed by atoms with Crippen LogP contribution in [0.3, 0.4) is 0 Å². The van der Waals surface area contributed by atoms with Crippen molar-refractivity contribution >= 4 is 22.9 Å². The Kier molecular flexibility index (Phi) is 8.81. The van der Waals surface area contributed by atoms with Crippen molar-refractivity contribution in [2.24, 2.45) is 10.7 Å². The zero-order valence-corrected chi connectivity index (χ0v) is 14.5. The van der Waals surface area contributed by atoms with Gasteiger partial charge in [0.2, 0.25) is 0 Å². The van der Waals surface area contributed by atoms with Crippen LogP contribution >= 0.6 is 17.0 Å². The van der Waals surface area contributed by atoms with Crippen molar-refractivity contribution < 1.29 is 4.74 Å². The zero-order chi connectivity index (χ0) is 14.9. The lowest BCUT2D eigenvalue weighted by atomic mass is 10.1. The van der Waals surface area contributed by atoms with Gasteiger partial charge in [-0.1, -0.05) is 30.3 Å². The Labute approximate surface area is 143 Å². The normalized spacial score (nSPS) is 15.9. The van der Waals surface area contributed by atoms with Gasteiger partial charge in [0.05, 0.1) is 19.8 Å². The molecule has 1 aromatic carbocycles. The molecule has 1 saturated heterocycles. The van der Waals surface area contributed by atoms with Crippen molar-refractivity contribution in [3.8, 4) is 0 Å². The molecule has 0 unspecified atom stereocenters. The number of hydrogen-bond donors (Lipinski definition) is 2. The topological polar surface area (TPSA) is 62.9 Å². The standard InChI is InChI=1S/C16H24N4O.BrH/c1-2-7-18-16(17)19-12-14-5-3-4-6-15(14)13-20-8-10-21-11-9-20;/h2-6H,1,7-13H2,(H3,17,18,19);1H. The molecule has 1 aromatic rings. The minimum absolute atomic E-state index is 0. The summed E-state index contributed by atoms with van der Waals surface area (Å²) in [6.07, 6.45) is 1.76. The van der Waals surface area contributed by atoms with Crippen molar-refractivity contribution in [3.05, 3.63) is 48.0 Å². The maximum Gasteiger partial charge on any atom is 0.189 e. The zero-order valence-electron chi connectivity index (χ0n) is 12.8. The first-order valence-electron chi connectivity index (χ1n) is 7.31. The fraction of sp³-hybridized carbons (Fsp3) is 0.438. The molecule has 6 heteroatoms. The number of halogens is 1. The molecule has 0 aromatic heterocycles. The Morgan fingerprint density at radius 1 is 1.32 bits per heavy atom. The Bertz CT molecular complexity index is 487. The Morgan fingerprint density at radius 3 is 2.68 bits per heavy atom. The molecule has 0 spiro atoms. The summed E-state index contributed by atoms with van der Waals surface area (Å²) in [5, 5.41) is 2.99. The quantitative estimate of drug-likeness (QED) is 0.455. The van der Waals surface area contributed by atoms with E-state index in [4.69, 9.17) is 10.5 Å². The first kappa shape index (κ1) is 18.7. The van der Waals surface area contributed by atoms with Crippen molar-refractivity contribution in [2.45, 2.75) is 13.1 Å². The number of ether oxygens (including phenoxy) is 1. The molecule has 0 amide bonds. The average molecular weight is 369 g/mol. The monoisotopic (exact) mass is 368 g/mol. The van der Waals surface area contributed by atoms with Crippen LogP contribution in [-0.4, -0.2) is 43.7 Å². The Balaban J connectivity index is 0.00000242. The van der Waals surface area contributed by atoms with E-state index in [1.807, 2.05) is 6.07 Å². The summed E-state index contributed by atoms with van der Waals surface area (Å²) < 4.78 is 5.39. The van der Waals surface area contributed by atoms with Gasteiger partial charge in [0.25, 0.3) is 0 Å². The van der Waals surface area contributed by atoms with Crippen LogP contribution in [0.1, 0.15) is 11.1 Å². The molecule has 5 nitrogen and oxygen atoms in total. The molecule has 1 heterocycles. The third-order valence-corrected chi connectivity index (χ3v) is 3.46. The fourth-order valence-electron chi connectivity index (χ4n) is 2.27. The van der Waals surface area contributed by atoms with Crippen molar-refractivity contribution in [1.29, 1.82) is 0 Å². The molecule has 2 rings (SSSR count). The van der Waals surface area contributed by atoms with Crippen LogP contribution < -0.4 is 11.1 Å². The number of benzene rings is 1. The number of aliphatic imine (C=N–C) groups is 1. The van der Waals surface area contributed by atoms with E-state index in [2.05, 4.69) is 40.0 Å². The van der Waals surface area contributed by atoms with Gasteiger partial charge >= 0.3 is 0 Å². The molecule has 0 radical (unpaired) electrons. The van der Waals surface area contributed by atoms with Crippen molar-refractivity contribution in [1.82, 2.24) is 10.2 Å². The third kappa shape index (κ3) is 6.17. The maximum atomic E-state index is 5.81. The highest BCUT2D eigenvalue weighted by Gasteiger charge is 2.12. The molecule has 1 fully saturated rings. The highest BCUT2D eigenvalue weighted by atomic mass is 79.9. The van der Waals surface area contributed by atoms with Crippen LogP contribution in [0.25, 0.3) is 0 Å². The van der Waals surface area contributed by atoms with Crippen LogP contribution in [0.2, 0.25) is 0 Å². The molecular formula is C16H25BrN4O. The van der Waals surface area contributed by atoms with E-state index < -0.39 is 0 Å². The summed E-state index contributed by atoms with van der Waals surface area (Å²) in [5.41, 5.74) is 8.33. The van der Waals surface area contributed by atoms with Crippen LogP contribution in [0, 0.1) is 0 Å². The summed E-state index contributed by atoms with van der Waals surface area (Å²) >= 11 is 0. The van der Waals surface area contributed by atoms with E-state index >= 15 is 0 Å². The number of nitrogens with zero attached hydrogens (tertiary/aromatic N) is 2. The van der Waals surface area contributed by atoms with Crippen molar-refractivity contribution in [2.75, 3.05) is 32.8 Å². The minimum atomic E-state index is 0. The summed E-state index contributed by atoms with van der Waals surface area (Å²) in [4.78, 5) is 6.79. The number of nitrogens with one attached hydrogen (secondary N) is 1. The molecule has 22 heavy (non-hydrogen) atoms. The van der Waals surface area contributed by atoms with Crippen LogP contribution in [0.15, 0.2) is 41.9 Å². The van der Waals surface area contributed by atoms with Gasteiger partial charge in [0.15, 0.2) is 5.96 Å². The van der Waals surface area contributed by atoms with Gasteiger partial charge < -0.3 is 15.8 Å². The number of hydrogen-bond acceptors (Lipinski definition) is 3. The van der Waals surface area contributed by atoms with E-state index in [1.165, 1.54) is 11.1 Å². The summed E-state index contributed by atoms with van der Waals surface area (Å²) in [7, 11) is 0. The molecule has 122 valence electrons. The first-order chi connectivity index (χ1) is 10.3. The summed E-state index contributed by atoms with van der Waals surface area (Å²) in [6, 6.07) is 8.39. The molecule has 1 aliphatic rings. The lowest BCUT2D eigenvalue weighted by Crippen LogP contribution is -2.35. The third-order valence-electron chi connectivity index (χ3n) is 3.46. The maximum absolute atomic E-state index is 5.81. The average Bonchev–Trinajstić information content (AvgIpc) is 2.53. The van der Waals surface area contributed by atoms with E-state index in [0.717, 1.165) is 32.8 Å². The predicted molar refractivity (Wildman–Crippen MR) is 96.4 cm³/mol. The van der Waals surface area contributed by atoms with Gasteiger partial charge in [0, 0.05) is 26.2 Å². The van der Waals surface area contributed by atoms with Gasteiger partial charge in [-0.05, 0) is 11.1 Å². The fourth-order valence-corrected chi connectivity index (χ4v) is 2.27. The number of nitrogens with two attached hydrogens (primary N) is 1. The van der Waals surface area contributed by atoms with E-state index in [-0.39, 0.29) is 17.0 Å². The smallest absolute Gasteiger partial charge is 0.189 e. The minimum Gasteiger partial charge on any atom is -0.379 e. The molecule has 0 aliphatic carbocycles. The summed E-state index contributed by atoms with van der Waals surface area (Å²) in [5.74, 6) is 0.455. The van der Waals surface area contributed by atoms with Crippen LogP contribution in [0.4, 0.5) is 0 Å². The highest BCUT2D eigenvalue weighted by Crippen LogP contribution is 2.14. The van der Waals surface area contributed by atoms with Gasteiger partial charge in [0.1, 0.15) is 0 Å². The van der Waals surface area contributed by atoms with Gasteiger partial charge in [-0.3, -0.25) is 4.90 Å². The molecular weight excluding hydrogens is 344 g/mol. The molecule has 0 bridgehead atoms. The lowest BCUT2D eigenvalue weighted by molar-refractivity contribution is 0.0341. The van der Waals surface area contributed by atoms with Crippen molar-refractivity contribution in [3.63, 3.8) is 0 Å². The van der Waals surface area contributed by atoms with Crippen LogP contribution in [-0.2, 0) is 17.8 Å². The van der Waals surface area contributed by atoms with Gasteiger partial charge in [-0.2, -0.15) is 0 Å². The Hall–Kier alpha value is -1.37. The molecule has 0 atom stereocenters. The summed E-state index contributed by atoms with van der Waals surface area (Å²) in [6.45, 7) is 9.41. The number of morpholine rings is 1. The van der Waals surface area contributed by atoms with Gasteiger partial charge in [-0.25, -0.2) is 4.99 Å². The predicted octanol–water partition coefficient (Wildman–Crippen LogP) is 1.69. The second-order valence-corrected chi connectivity index (χ2v) is 5.03. The van der Waals surface area contributed by atoms with Crippen LogP contribution in [0.5, 0.6) is 0 Å². The molecule has 0 saturated carbocycles. The molecule has 3 N–H and O–H groups in total. The number of guanidine groups is 1. The second-order valence-electron chi connectivity index (χ2n) is 5.03. The van der Waals surface area contributed by atoms with Gasteiger partial charge in [-0.15, -0.1) is 23.6 Å².